The molecule has 0 aliphatic carbocycles. The number of nitrogen functional groups attached to an aromatic ring is 1. The Morgan fingerprint density at radius 2 is 2.23 bits per heavy atom. The van der Waals surface area contributed by atoms with Crippen molar-refractivity contribution in [1.82, 2.24) is 5.43 Å². The first-order valence-electron chi connectivity index (χ1n) is 3.87. The van der Waals surface area contributed by atoms with Gasteiger partial charge in [0.05, 0.1) is 6.61 Å². The van der Waals surface area contributed by atoms with Gasteiger partial charge in [0.15, 0.2) is 0 Å². The minimum Gasteiger partial charge on any atom is -0.380 e. The van der Waals surface area contributed by atoms with E-state index in [-0.39, 0.29) is 5.91 Å². The van der Waals surface area contributed by atoms with Crippen LogP contribution in [0.25, 0.3) is 0 Å². The molecule has 0 aliphatic rings. The quantitative estimate of drug-likeness (QED) is 0.403. The predicted molar refractivity (Wildman–Crippen MR) is 48.8 cm³/mol. The fourth-order valence-electron chi connectivity index (χ4n) is 1.10. The Morgan fingerprint density at radius 3 is 2.85 bits per heavy atom. The lowest BCUT2D eigenvalue weighted by atomic mass is 10.1. The van der Waals surface area contributed by atoms with E-state index in [1.54, 1.807) is 19.2 Å². The minimum atomic E-state index is -0.298. The second-order valence-electron chi connectivity index (χ2n) is 2.56. The van der Waals surface area contributed by atoms with E-state index < -0.39 is 0 Å². The molecule has 1 aromatic rings. The Labute approximate surface area is 76.7 Å². The molecule has 0 aromatic heterocycles. The van der Waals surface area contributed by atoms with Gasteiger partial charge in [-0.1, -0.05) is 18.2 Å². The number of rotatable bonds is 3. The fourth-order valence-corrected chi connectivity index (χ4v) is 1.10. The third-order valence-electron chi connectivity index (χ3n) is 1.69. The van der Waals surface area contributed by atoms with E-state index in [4.69, 9.17) is 10.6 Å². The number of hydrogen-bond donors (Lipinski definition) is 2. The summed E-state index contributed by atoms with van der Waals surface area (Å²) in [5.41, 5.74) is 3.46. The molecule has 0 bridgehead atoms. The van der Waals surface area contributed by atoms with Gasteiger partial charge in [0, 0.05) is 12.7 Å². The number of hydrazine groups is 1. The molecule has 0 saturated carbocycles. The maximum absolute atomic E-state index is 11.2. The topological polar surface area (TPSA) is 64.3 Å². The molecule has 0 fully saturated rings. The summed E-state index contributed by atoms with van der Waals surface area (Å²) in [6.45, 7) is 0.406. The van der Waals surface area contributed by atoms with Crippen molar-refractivity contribution in [3.8, 4) is 0 Å². The largest absolute Gasteiger partial charge is 0.380 e. The van der Waals surface area contributed by atoms with Crippen LogP contribution in [0.15, 0.2) is 24.3 Å². The van der Waals surface area contributed by atoms with Gasteiger partial charge in [0.2, 0.25) is 0 Å². The number of carbonyl (C=O) groups is 1. The number of benzene rings is 1. The van der Waals surface area contributed by atoms with Crippen LogP contribution in [0.4, 0.5) is 0 Å². The van der Waals surface area contributed by atoms with Crippen LogP contribution in [0.5, 0.6) is 0 Å². The molecule has 3 N–H and O–H groups in total. The first-order chi connectivity index (χ1) is 6.29. The van der Waals surface area contributed by atoms with Crippen LogP contribution in [-0.2, 0) is 11.3 Å². The zero-order valence-corrected chi connectivity index (χ0v) is 7.41. The number of methoxy groups -OCH3 is 1. The lowest BCUT2D eigenvalue weighted by Crippen LogP contribution is -2.30. The van der Waals surface area contributed by atoms with E-state index in [0.29, 0.717) is 12.2 Å². The second kappa shape index (κ2) is 4.59. The summed E-state index contributed by atoms with van der Waals surface area (Å²) in [6, 6.07) is 7.16. The van der Waals surface area contributed by atoms with E-state index in [0.717, 1.165) is 5.56 Å². The Hall–Kier alpha value is -1.39. The number of carbonyl (C=O) groups excluding carboxylic acids is 1. The van der Waals surface area contributed by atoms with Crippen LogP contribution in [0, 0.1) is 0 Å². The summed E-state index contributed by atoms with van der Waals surface area (Å²) >= 11 is 0. The van der Waals surface area contributed by atoms with Gasteiger partial charge in [-0.2, -0.15) is 0 Å². The molecular formula is C9H12N2O2. The average Bonchev–Trinajstić information content (AvgIpc) is 2.18. The van der Waals surface area contributed by atoms with Crippen molar-refractivity contribution in [3.05, 3.63) is 35.4 Å². The molecule has 0 spiro atoms. The molecule has 1 rings (SSSR count). The molecule has 70 valence electrons. The highest BCUT2D eigenvalue weighted by atomic mass is 16.5. The summed E-state index contributed by atoms with van der Waals surface area (Å²) in [6.07, 6.45) is 0. The van der Waals surface area contributed by atoms with Crippen molar-refractivity contribution in [1.29, 1.82) is 0 Å². The molecule has 0 aliphatic heterocycles. The molecule has 13 heavy (non-hydrogen) atoms. The third-order valence-corrected chi connectivity index (χ3v) is 1.69. The molecule has 1 aromatic carbocycles. The van der Waals surface area contributed by atoms with Crippen LogP contribution in [0.2, 0.25) is 0 Å². The van der Waals surface area contributed by atoms with Gasteiger partial charge in [0.25, 0.3) is 5.91 Å². The van der Waals surface area contributed by atoms with Gasteiger partial charge in [-0.25, -0.2) is 5.84 Å². The molecule has 0 heterocycles. The van der Waals surface area contributed by atoms with Crippen molar-refractivity contribution in [2.24, 2.45) is 5.84 Å². The highest BCUT2D eigenvalue weighted by Crippen LogP contribution is 2.08. The zero-order valence-electron chi connectivity index (χ0n) is 7.41. The molecule has 4 nitrogen and oxygen atoms in total. The van der Waals surface area contributed by atoms with Crippen molar-refractivity contribution < 1.29 is 9.53 Å². The summed E-state index contributed by atoms with van der Waals surface area (Å²) < 4.78 is 4.94. The van der Waals surface area contributed by atoms with Crippen LogP contribution < -0.4 is 11.3 Å². The molecule has 0 unspecified atom stereocenters. The standard InChI is InChI=1S/C9H12N2O2/c1-13-6-7-4-2-3-5-8(7)9(12)11-10/h2-5H,6,10H2,1H3,(H,11,12). The summed E-state index contributed by atoms with van der Waals surface area (Å²) in [7, 11) is 1.58. The second-order valence-corrected chi connectivity index (χ2v) is 2.56. The SMILES string of the molecule is COCc1ccccc1C(=O)NN. The number of amides is 1. The van der Waals surface area contributed by atoms with Crippen LogP contribution in [-0.4, -0.2) is 13.0 Å². The molecule has 0 atom stereocenters. The first kappa shape index (κ1) is 9.70. The lowest BCUT2D eigenvalue weighted by Gasteiger charge is -2.06. The number of nitrogens with two attached hydrogens (primary N) is 1. The molecular weight excluding hydrogens is 168 g/mol. The summed E-state index contributed by atoms with van der Waals surface area (Å²) in [4.78, 5) is 11.2. The Balaban J connectivity index is 2.97. The van der Waals surface area contributed by atoms with Gasteiger partial charge in [-0.15, -0.1) is 0 Å². The molecule has 0 radical (unpaired) electrons. The first-order valence-corrected chi connectivity index (χ1v) is 3.87. The Bertz CT molecular complexity index is 299. The highest BCUT2D eigenvalue weighted by molar-refractivity contribution is 5.95. The Morgan fingerprint density at radius 1 is 1.54 bits per heavy atom. The number of ether oxygens (including phenoxy) is 1. The lowest BCUT2D eigenvalue weighted by molar-refractivity contribution is 0.0948. The fraction of sp³-hybridized carbons (Fsp3) is 0.222. The average molecular weight is 180 g/mol. The van der Waals surface area contributed by atoms with Crippen molar-refractivity contribution in [2.45, 2.75) is 6.61 Å². The van der Waals surface area contributed by atoms with E-state index in [1.807, 2.05) is 12.1 Å². The number of nitrogens with one attached hydrogen (secondary N) is 1. The Kier molecular flexibility index (Phi) is 3.42. The van der Waals surface area contributed by atoms with E-state index in [9.17, 15) is 4.79 Å². The van der Waals surface area contributed by atoms with Crippen LogP contribution in [0.3, 0.4) is 0 Å². The van der Waals surface area contributed by atoms with Crippen molar-refractivity contribution in [3.63, 3.8) is 0 Å². The van der Waals surface area contributed by atoms with E-state index in [1.165, 1.54) is 0 Å². The van der Waals surface area contributed by atoms with Crippen molar-refractivity contribution >= 4 is 5.91 Å². The smallest absolute Gasteiger partial charge is 0.265 e. The third kappa shape index (κ3) is 2.27. The summed E-state index contributed by atoms with van der Waals surface area (Å²) in [5.74, 6) is 4.73. The van der Waals surface area contributed by atoms with Gasteiger partial charge in [-0.05, 0) is 11.6 Å². The monoisotopic (exact) mass is 180 g/mol. The molecule has 0 saturated heterocycles. The van der Waals surface area contributed by atoms with Crippen LogP contribution in [0.1, 0.15) is 15.9 Å². The zero-order chi connectivity index (χ0) is 9.68. The minimum absolute atomic E-state index is 0.298. The maximum Gasteiger partial charge on any atom is 0.265 e. The number of hydrogen-bond acceptors (Lipinski definition) is 3. The molecule has 4 heteroatoms. The van der Waals surface area contributed by atoms with Gasteiger partial charge >= 0.3 is 0 Å². The van der Waals surface area contributed by atoms with Crippen molar-refractivity contribution in [2.75, 3.05) is 7.11 Å². The van der Waals surface area contributed by atoms with Gasteiger partial charge < -0.3 is 4.74 Å². The maximum atomic E-state index is 11.2. The van der Waals surface area contributed by atoms with E-state index in [2.05, 4.69) is 5.43 Å². The summed E-state index contributed by atoms with van der Waals surface area (Å²) in [5, 5.41) is 0. The highest BCUT2D eigenvalue weighted by Gasteiger charge is 2.07. The van der Waals surface area contributed by atoms with E-state index >= 15 is 0 Å². The van der Waals surface area contributed by atoms with Gasteiger partial charge in [-0.3, -0.25) is 10.2 Å². The van der Waals surface area contributed by atoms with Crippen LogP contribution >= 0.6 is 0 Å². The predicted octanol–water partition coefficient (Wildman–Crippen LogP) is 0.437. The molecule has 1 amide bonds. The normalized spacial score (nSPS) is 9.69. The van der Waals surface area contributed by atoms with Gasteiger partial charge in [0.1, 0.15) is 0 Å².